The highest BCUT2D eigenvalue weighted by atomic mass is 16.3. The number of benzene rings is 1. The fourth-order valence-electron chi connectivity index (χ4n) is 3.18. The van der Waals surface area contributed by atoms with Crippen molar-refractivity contribution in [1.82, 2.24) is 9.88 Å². The molecule has 5 heteroatoms. The molecule has 0 saturated carbocycles. The zero-order valence-corrected chi connectivity index (χ0v) is 13.3. The Morgan fingerprint density at radius 1 is 1.08 bits per heavy atom. The lowest BCUT2D eigenvalue weighted by Gasteiger charge is -2.43. The minimum Gasteiger partial charge on any atom is -0.467 e. The van der Waals surface area contributed by atoms with Crippen LogP contribution in [0, 0.1) is 0 Å². The van der Waals surface area contributed by atoms with Crippen molar-refractivity contribution in [1.29, 1.82) is 0 Å². The molecule has 24 heavy (non-hydrogen) atoms. The van der Waals surface area contributed by atoms with Crippen molar-refractivity contribution < 1.29 is 9.21 Å². The van der Waals surface area contributed by atoms with Crippen molar-refractivity contribution in [3.63, 3.8) is 0 Å². The van der Waals surface area contributed by atoms with Gasteiger partial charge in [0.15, 0.2) is 0 Å². The summed E-state index contributed by atoms with van der Waals surface area (Å²) in [7, 11) is 1.99. The SMILES string of the molecule is CN1c2ccccc2C(=O)N(Cc2ccco2)[C@H]1c1ccccn1. The summed E-state index contributed by atoms with van der Waals surface area (Å²) in [6.07, 6.45) is 3.09. The minimum absolute atomic E-state index is 0.0178. The Morgan fingerprint density at radius 2 is 1.92 bits per heavy atom. The number of aromatic nitrogens is 1. The van der Waals surface area contributed by atoms with Crippen LogP contribution in [0.15, 0.2) is 71.5 Å². The van der Waals surface area contributed by atoms with E-state index >= 15 is 0 Å². The maximum Gasteiger partial charge on any atom is 0.258 e. The standard InChI is InChI=1S/C19H17N3O2/c1-21-17-10-3-2-8-15(17)19(23)22(13-14-7-6-12-24-14)18(21)16-9-4-5-11-20-16/h2-12,18H,13H2,1H3/t18-/m0/s1. The van der Waals surface area contributed by atoms with Crippen LogP contribution in [0.2, 0.25) is 0 Å². The molecule has 3 aromatic rings. The number of pyridine rings is 1. The molecule has 120 valence electrons. The molecule has 0 aliphatic carbocycles. The Kier molecular flexibility index (Phi) is 3.54. The van der Waals surface area contributed by atoms with Crippen LogP contribution in [0.1, 0.15) is 28.0 Å². The normalized spacial score (nSPS) is 17.0. The number of rotatable bonds is 3. The second-order valence-electron chi connectivity index (χ2n) is 5.77. The molecule has 1 aliphatic heterocycles. The van der Waals surface area contributed by atoms with E-state index in [9.17, 15) is 4.79 Å². The van der Waals surface area contributed by atoms with Gasteiger partial charge in [0.25, 0.3) is 5.91 Å². The number of nitrogens with zero attached hydrogens (tertiary/aromatic N) is 3. The third-order valence-electron chi connectivity index (χ3n) is 4.30. The summed E-state index contributed by atoms with van der Waals surface area (Å²) in [6, 6.07) is 17.1. The molecule has 5 nitrogen and oxygen atoms in total. The highest BCUT2D eigenvalue weighted by Gasteiger charge is 2.37. The number of furan rings is 1. The van der Waals surface area contributed by atoms with Gasteiger partial charge < -0.3 is 14.2 Å². The van der Waals surface area contributed by atoms with Gasteiger partial charge in [0, 0.05) is 13.2 Å². The molecule has 1 aromatic carbocycles. The van der Waals surface area contributed by atoms with Crippen LogP contribution in [0.25, 0.3) is 0 Å². The van der Waals surface area contributed by atoms with Crippen molar-refractivity contribution in [3.05, 3.63) is 84.1 Å². The van der Waals surface area contributed by atoms with Crippen LogP contribution < -0.4 is 4.90 Å². The van der Waals surface area contributed by atoms with Gasteiger partial charge in [0.05, 0.1) is 29.8 Å². The van der Waals surface area contributed by atoms with E-state index in [0.29, 0.717) is 12.1 Å². The number of hydrogen-bond donors (Lipinski definition) is 0. The summed E-state index contributed by atoms with van der Waals surface area (Å²) in [5, 5.41) is 0. The van der Waals surface area contributed by atoms with E-state index in [1.807, 2.05) is 61.6 Å². The largest absolute Gasteiger partial charge is 0.467 e. The lowest BCUT2D eigenvalue weighted by atomic mass is 10.0. The number of carbonyl (C=O) groups excluding carboxylic acids is 1. The minimum atomic E-state index is -0.279. The number of hydrogen-bond acceptors (Lipinski definition) is 4. The van der Waals surface area contributed by atoms with E-state index in [1.165, 1.54) is 0 Å². The number of anilines is 1. The molecular formula is C19H17N3O2. The van der Waals surface area contributed by atoms with Crippen molar-refractivity contribution in [2.45, 2.75) is 12.7 Å². The van der Waals surface area contributed by atoms with E-state index in [1.54, 1.807) is 17.4 Å². The zero-order chi connectivity index (χ0) is 16.5. The third kappa shape index (κ3) is 2.34. The van der Waals surface area contributed by atoms with E-state index in [2.05, 4.69) is 9.88 Å². The Hall–Kier alpha value is -3.08. The molecule has 0 bridgehead atoms. The van der Waals surface area contributed by atoms with Gasteiger partial charge in [0.2, 0.25) is 0 Å². The summed E-state index contributed by atoms with van der Waals surface area (Å²) in [5.74, 6) is 0.729. The molecule has 0 spiro atoms. The zero-order valence-electron chi connectivity index (χ0n) is 13.3. The van der Waals surface area contributed by atoms with E-state index in [0.717, 1.165) is 17.1 Å². The van der Waals surface area contributed by atoms with Crippen LogP contribution in [-0.4, -0.2) is 22.8 Å². The molecule has 1 amide bonds. The summed E-state index contributed by atoms with van der Waals surface area (Å²) >= 11 is 0. The van der Waals surface area contributed by atoms with Crippen LogP contribution >= 0.6 is 0 Å². The maximum absolute atomic E-state index is 13.1. The average Bonchev–Trinajstić information content (AvgIpc) is 3.14. The van der Waals surface area contributed by atoms with Gasteiger partial charge in [-0.05, 0) is 36.4 Å². The van der Waals surface area contributed by atoms with Crippen LogP contribution in [0.3, 0.4) is 0 Å². The van der Waals surface area contributed by atoms with Crippen LogP contribution in [-0.2, 0) is 6.54 Å². The average molecular weight is 319 g/mol. The highest BCUT2D eigenvalue weighted by molar-refractivity contribution is 6.01. The summed E-state index contributed by atoms with van der Waals surface area (Å²) in [5.41, 5.74) is 2.43. The first kappa shape index (κ1) is 14.5. The molecule has 1 aliphatic rings. The van der Waals surface area contributed by atoms with Gasteiger partial charge in [-0.15, -0.1) is 0 Å². The quantitative estimate of drug-likeness (QED) is 0.742. The third-order valence-corrected chi connectivity index (χ3v) is 4.30. The van der Waals surface area contributed by atoms with Gasteiger partial charge in [-0.25, -0.2) is 0 Å². The molecule has 0 fully saturated rings. The molecule has 4 rings (SSSR count). The van der Waals surface area contributed by atoms with Gasteiger partial charge in [0.1, 0.15) is 11.9 Å². The van der Waals surface area contributed by atoms with Gasteiger partial charge >= 0.3 is 0 Å². The molecule has 0 N–H and O–H groups in total. The predicted molar refractivity (Wildman–Crippen MR) is 90.4 cm³/mol. The van der Waals surface area contributed by atoms with E-state index in [-0.39, 0.29) is 12.1 Å². The Labute approximate surface area is 140 Å². The lowest BCUT2D eigenvalue weighted by Crippen LogP contribution is -2.47. The number of para-hydroxylation sites is 1. The monoisotopic (exact) mass is 319 g/mol. The Bertz CT molecular complexity index is 846. The fraction of sp³-hybridized carbons (Fsp3) is 0.158. The fourth-order valence-corrected chi connectivity index (χ4v) is 3.18. The van der Waals surface area contributed by atoms with Crippen LogP contribution in [0.4, 0.5) is 5.69 Å². The van der Waals surface area contributed by atoms with Crippen LogP contribution in [0.5, 0.6) is 0 Å². The summed E-state index contributed by atoms with van der Waals surface area (Å²) < 4.78 is 5.46. The summed E-state index contributed by atoms with van der Waals surface area (Å²) in [4.78, 5) is 21.5. The second-order valence-corrected chi connectivity index (χ2v) is 5.77. The molecule has 0 radical (unpaired) electrons. The smallest absolute Gasteiger partial charge is 0.258 e. The molecule has 0 saturated heterocycles. The van der Waals surface area contributed by atoms with Gasteiger partial charge in [-0.2, -0.15) is 0 Å². The maximum atomic E-state index is 13.1. The molecule has 1 atom stereocenters. The number of fused-ring (bicyclic) bond motifs is 1. The number of amides is 1. The first-order chi connectivity index (χ1) is 11.8. The predicted octanol–water partition coefficient (Wildman–Crippen LogP) is 3.47. The Balaban J connectivity index is 1.82. The first-order valence-corrected chi connectivity index (χ1v) is 7.82. The van der Waals surface area contributed by atoms with Crippen molar-refractivity contribution >= 4 is 11.6 Å². The molecule has 2 aromatic heterocycles. The van der Waals surface area contributed by atoms with E-state index < -0.39 is 0 Å². The molecule has 3 heterocycles. The second kappa shape index (κ2) is 5.85. The molecule has 0 unspecified atom stereocenters. The topological polar surface area (TPSA) is 49.6 Å². The molecular weight excluding hydrogens is 302 g/mol. The van der Waals surface area contributed by atoms with Gasteiger partial charge in [-0.3, -0.25) is 9.78 Å². The van der Waals surface area contributed by atoms with Crippen molar-refractivity contribution in [2.75, 3.05) is 11.9 Å². The number of carbonyl (C=O) groups is 1. The van der Waals surface area contributed by atoms with Crippen molar-refractivity contribution in [3.8, 4) is 0 Å². The Morgan fingerprint density at radius 3 is 2.67 bits per heavy atom. The highest BCUT2D eigenvalue weighted by Crippen LogP contribution is 2.37. The lowest BCUT2D eigenvalue weighted by molar-refractivity contribution is 0.0614. The van der Waals surface area contributed by atoms with E-state index in [4.69, 9.17) is 4.42 Å². The van der Waals surface area contributed by atoms with Gasteiger partial charge in [-0.1, -0.05) is 18.2 Å². The summed E-state index contributed by atoms with van der Waals surface area (Å²) in [6.45, 7) is 0.395. The van der Waals surface area contributed by atoms with Crippen molar-refractivity contribution in [2.24, 2.45) is 0 Å². The first-order valence-electron chi connectivity index (χ1n) is 7.82.